The maximum Gasteiger partial charge on any atom is 0.573 e. The van der Waals surface area contributed by atoms with Crippen molar-refractivity contribution in [3.8, 4) is 11.4 Å². The minimum Gasteiger partial charge on any atom is -0.406 e. The summed E-state index contributed by atoms with van der Waals surface area (Å²) in [7, 11) is 3.76. The van der Waals surface area contributed by atoms with E-state index in [2.05, 4.69) is 20.5 Å². The number of aromatic nitrogens is 3. The predicted molar refractivity (Wildman–Crippen MR) is 140 cm³/mol. The number of nitrogens with zero attached hydrogens (tertiary/aromatic N) is 4. The molecule has 0 saturated heterocycles. The summed E-state index contributed by atoms with van der Waals surface area (Å²) in [5.74, 6) is -0.619. The van der Waals surface area contributed by atoms with Crippen LogP contribution in [0.5, 0.6) is 5.75 Å². The summed E-state index contributed by atoms with van der Waals surface area (Å²) < 4.78 is 43.7. The van der Waals surface area contributed by atoms with Crippen LogP contribution in [0.4, 0.5) is 24.7 Å². The molecular weight excluding hydrogens is 517 g/mol. The van der Waals surface area contributed by atoms with Gasteiger partial charge in [0.25, 0.3) is 11.1 Å². The molecule has 39 heavy (non-hydrogen) atoms. The Hall–Kier alpha value is -4.65. The van der Waals surface area contributed by atoms with E-state index in [1.165, 1.54) is 29.0 Å². The Kier molecular flexibility index (Phi) is 8.00. The van der Waals surface area contributed by atoms with Gasteiger partial charge in [0.1, 0.15) is 18.0 Å². The normalized spacial score (nSPS) is 11.5. The van der Waals surface area contributed by atoms with E-state index in [4.69, 9.17) is 0 Å². The monoisotopic (exact) mass is 542 g/mol. The van der Waals surface area contributed by atoms with Crippen LogP contribution < -0.4 is 26.5 Å². The lowest BCUT2D eigenvalue weighted by Crippen LogP contribution is -2.36. The fourth-order valence-electron chi connectivity index (χ4n) is 3.76. The standard InChI is InChI=1S/C26H25F3N6O4/c1-33(2)15-13-30-22(36)16-34-14-5-8-21(25(34)38)31-23-19-6-3-4-7-20(19)24(37)35(32-23)17-9-11-18(12-10-17)39-26(27,28)29/h3-12,14H,13,15-16H2,1-2H3,(H,30,36)(H,31,32). The summed E-state index contributed by atoms with van der Waals surface area (Å²) in [6.45, 7) is 0.885. The van der Waals surface area contributed by atoms with Crippen molar-refractivity contribution < 1.29 is 22.7 Å². The molecule has 2 heterocycles. The summed E-state index contributed by atoms with van der Waals surface area (Å²) in [4.78, 5) is 40.5. The number of nitrogens with one attached hydrogen (secondary N) is 2. The topological polar surface area (TPSA) is 110 Å². The zero-order valence-corrected chi connectivity index (χ0v) is 21.0. The van der Waals surface area contributed by atoms with Gasteiger partial charge in [0.05, 0.1) is 11.1 Å². The number of carbonyl (C=O) groups excluding carboxylic acids is 1. The first-order valence-electron chi connectivity index (χ1n) is 11.8. The highest BCUT2D eigenvalue weighted by molar-refractivity contribution is 5.92. The number of rotatable bonds is 9. The van der Waals surface area contributed by atoms with Crippen LogP contribution in [0.25, 0.3) is 16.5 Å². The molecule has 0 saturated carbocycles. The lowest BCUT2D eigenvalue weighted by atomic mass is 10.2. The van der Waals surface area contributed by atoms with Crippen molar-refractivity contribution in [2.24, 2.45) is 0 Å². The van der Waals surface area contributed by atoms with Crippen LogP contribution in [0.3, 0.4) is 0 Å². The van der Waals surface area contributed by atoms with Crippen LogP contribution in [0.15, 0.2) is 76.4 Å². The second-order valence-corrected chi connectivity index (χ2v) is 8.79. The second-order valence-electron chi connectivity index (χ2n) is 8.79. The van der Waals surface area contributed by atoms with E-state index < -0.39 is 23.2 Å². The highest BCUT2D eigenvalue weighted by Gasteiger charge is 2.31. The number of likely N-dealkylation sites (N-methyl/N-ethyl adjacent to an activating group) is 1. The third-order valence-corrected chi connectivity index (χ3v) is 5.59. The number of ether oxygens (including phenoxy) is 1. The molecule has 204 valence electrons. The molecule has 0 bridgehead atoms. The van der Waals surface area contributed by atoms with Crippen LogP contribution in [0.1, 0.15) is 0 Å². The molecule has 0 unspecified atom stereocenters. The van der Waals surface area contributed by atoms with Gasteiger partial charge in [-0.15, -0.1) is 18.3 Å². The Bertz CT molecular complexity index is 1600. The number of hydrogen-bond donors (Lipinski definition) is 2. The maximum absolute atomic E-state index is 13.2. The van der Waals surface area contributed by atoms with Gasteiger partial charge in [-0.05, 0) is 56.6 Å². The lowest BCUT2D eigenvalue weighted by Gasteiger charge is -2.14. The molecule has 0 aliphatic carbocycles. The number of amides is 1. The molecule has 0 atom stereocenters. The van der Waals surface area contributed by atoms with E-state index in [1.54, 1.807) is 30.3 Å². The van der Waals surface area contributed by atoms with Gasteiger partial charge in [-0.1, -0.05) is 18.2 Å². The van der Waals surface area contributed by atoms with Gasteiger partial charge in [0, 0.05) is 24.7 Å². The van der Waals surface area contributed by atoms with Gasteiger partial charge in [-0.3, -0.25) is 14.4 Å². The highest BCUT2D eigenvalue weighted by Crippen LogP contribution is 2.25. The van der Waals surface area contributed by atoms with E-state index in [1.807, 2.05) is 19.0 Å². The molecule has 0 fully saturated rings. The fourth-order valence-corrected chi connectivity index (χ4v) is 3.76. The maximum atomic E-state index is 13.2. The smallest absolute Gasteiger partial charge is 0.406 e. The summed E-state index contributed by atoms with van der Waals surface area (Å²) in [6, 6.07) is 14.3. The zero-order chi connectivity index (χ0) is 28.2. The van der Waals surface area contributed by atoms with Gasteiger partial charge in [-0.2, -0.15) is 4.68 Å². The number of halogens is 3. The SMILES string of the molecule is CN(C)CCNC(=O)Cn1cccc(Nc2nn(-c3ccc(OC(F)(F)F)cc3)c(=O)c3ccccc23)c1=O. The summed E-state index contributed by atoms with van der Waals surface area (Å²) >= 11 is 0. The third kappa shape index (κ3) is 6.82. The quantitative estimate of drug-likeness (QED) is 0.335. The number of hydrogen-bond acceptors (Lipinski definition) is 7. The van der Waals surface area contributed by atoms with Gasteiger partial charge in [0.15, 0.2) is 5.82 Å². The molecule has 1 amide bonds. The van der Waals surface area contributed by atoms with Gasteiger partial charge in [-0.25, -0.2) is 0 Å². The van der Waals surface area contributed by atoms with Crippen molar-refractivity contribution in [3.63, 3.8) is 0 Å². The van der Waals surface area contributed by atoms with Crippen molar-refractivity contribution in [2.75, 3.05) is 32.5 Å². The first-order chi connectivity index (χ1) is 18.5. The number of alkyl halides is 3. The molecule has 4 aromatic rings. The lowest BCUT2D eigenvalue weighted by molar-refractivity contribution is -0.274. The summed E-state index contributed by atoms with van der Waals surface area (Å²) in [6.07, 6.45) is -3.37. The number of pyridine rings is 1. The average molecular weight is 543 g/mol. The highest BCUT2D eigenvalue weighted by atomic mass is 19.4. The molecule has 10 nitrogen and oxygen atoms in total. The molecule has 2 N–H and O–H groups in total. The second kappa shape index (κ2) is 11.4. The Morgan fingerprint density at radius 3 is 2.33 bits per heavy atom. The van der Waals surface area contributed by atoms with E-state index >= 15 is 0 Å². The number of anilines is 2. The van der Waals surface area contributed by atoms with Crippen LogP contribution in [-0.4, -0.2) is 58.7 Å². The van der Waals surface area contributed by atoms with Crippen LogP contribution in [0.2, 0.25) is 0 Å². The average Bonchev–Trinajstić information content (AvgIpc) is 2.87. The number of fused-ring (bicyclic) bond motifs is 1. The van der Waals surface area contributed by atoms with Crippen molar-refractivity contribution in [3.05, 3.63) is 87.6 Å². The van der Waals surface area contributed by atoms with Crippen LogP contribution in [0, 0.1) is 0 Å². The van der Waals surface area contributed by atoms with E-state index in [-0.39, 0.29) is 35.0 Å². The molecular formula is C26H25F3N6O4. The number of carbonyl (C=O) groups is 1. The molecule has 0 radical (unpaired) electrons. The van der Waals surface area contributed by atoms with Gasteiger partial charge in [0.2, 0.25) is 5.91 Å². The zero-order valence-electron chi connectivity index (χ0n) is 21.0. The van der Waals surface area contributed by atoms with Crippen molar-refractivity contribution in [2.45, 2.75) is 12.9 Å². The summed E-state index contributed by atoms with van der Waals surface area (Å²) in [5.41, 5.74) is -0.711. The molecule has 2 aromatic heterocycles. The Labute approximate surface area is 220 Å². The minimum atomic E-state index is -4.86. The first-order valence-corrected chi connectivity index (χ1v) is 11.8. The molecule has 0 aliphatic heterocycles. The largest absolute Gasteiger partial charge is 0.573 e. The molecule has 13 heteroatoms. The third-order valence-electron chi connectivity index (χ3n) is 5.59. The van der Waals surface area contributed by atoms with Gasteiger partial charge >= 0.3 is 6.36 Å². The van der Waals surface area contributed by atoms with Crippen molar-refractivity contribution >= 4 is 28.2 Å². The van der Waals surface area contributed by atoms with Gasteiger partial charge < -0.3 is 24.8 Å². The predicted octanol–water partition coefficient (Wildman–Crippen LogP) is 2.87. The molecule has 4 rings (SSSR count). The Morgan fingerprint density at radius 1 is 0.974 bits per heavy atom. The molecule has 2 aromatic carbocycles. The Morgan fingerprint density at radius 2 is 1.67 bits per heavy atom. The van der Waals surface area contributed by atoms with Crippen LogP contribution >= 0.6 is 0 Å². The van der Waals surface area contributed by atoms with Crippen molar-refractivity contribution in [1.82, 2.24) is 24.6 Å². The van der Waals surface area contributed by atoms with Crippen molar-refractivity contribution in [1.29, 1.82) is 0 Å². The summed E-state index contributed by atoms with van der Waals surface area (Å²) in [5, 5.41) is 10.7. The van der Waals surface area contributed by atoms with E-state index in [9.17, 15) is 27.6 Å². The van der Waals surface area contributed by atoms with Crippen LogP contribution in [-0.2, 0) is 11.3 Å². The molecule has 0 aliphatic rings. The fraction of sp³-hybridized carbons (Fsp3) is 0.231. The Balaban J connectivity index is 1.66. The minimum absolute atomic E-state index is 0.107. The van der Waals surface area contributed by atoms with E-state index in [0.717, 1.165) is 16.8 Å². The molecule has 0 spiro atoms. The number of benzene rings is 2. The van der Waals surface area contributed by atoms with E-state index in [0.29, 0.717) is 18.5 Å². The first kappa shape index (κ1) is 27.4.